The molecule has 8 nitrogen and oxygen atoms in total. The predicted octanol–water partition coefficient (Wildman–Crippen LogP) is -2.59. The van der Waals surface area contributed by atoms with Crippen molar-refractivity contribution < 1.29 is 33.8 Å². The molecular formula is C16H20N2O6. The van der Waals surface area contributed by atoms with E-state index < -0.39 is 12.6 Å². The summed E-state index contributed by atoms with van der Waals surface area (Å²) in [5, 5.41) is 10.3. The highest BCUT2D eigenvalue weighted by molar-refractivity contribution is 5.77. The molecule has 1 fully saturated rings. The highest BCUT2D eigenvalue weighted by Crippen LogP contribution is 2.32. The van der Waals surface area contributed by atoms with Crippen LogP contribution >= 0.6 is 0 Å². The number of carboxylic acid groups (broad SMARTS) is 1. The zero-order valence-electron chi connectivity index (χ0n) is 13.3. The molecule has 1 amide bonds. The zero-order chi connectivity index (χ0) is 16.9. The molecule has 0 unspecified atom stereocenters. The summed E-state index contributed by atoms with van der Waals surface area (Å²) in [5.74, 6) is 0.0608. The van der Waals surface area contributed by atoms with E-state index in [9.17, 15) is 14.7 Å². The van der Waals surface area contributed by atoms with Crippen LogP contribution in [0.25, 0.3) is 0 Å². The van der Waals surface area contributed by atoms with Gasteiger partial charge in [-0.05, 0) is 18.2 Å². The van der Waals surface area contributed by atoms with Gasteiger partial charge in [-0.2, -0.15) is 0 Å². The first kappa shape index (κ1) is 16.5. The van der Waals surface area contributed by atoms with Gasteiger partial charge < -0.3 is 33.9 Å². The van der Waals surface area contributed by atoms with E-state index in [-0.39, 0.29) is 19.3 Å². The first-order valence-electron chi connectivity index (χ1n) is 7.89. The minimum Gasteiger partial charge on any atom is -0.548 e. The Bertz CT molecular complexity index is 613. The van der Waals surface area contributed by atoms with E-state index in [1.165, 1.54) is 10.5 Å². The van der Waals surface area contributed by atoms with Crippen molar-refractivity contribution >= 4 is 11.9 Å². The van der Waals surface area contributed by atoms with Crippen LogP contribution in [0.3, 0.4) is 0 Å². The molecule has 24 heavy (non-hydrogen) atoms. The Kier molecular flexibility index (Phi) is 5.17. The number of nitrogens with zero attached hydrogens (tertiary/aromatic N) is 1. The molecule has 2 aliphatic rings. The van der Waals surface area contributed by atoms with Crippen molar-refractivity contribution in [3.05, 3.63) is 23.8 Å². The highest BCUT2D eigenvalue weighted by atomic mass is 16.7. The van der Waals surface area contributed by atoms with Crippen molar-refractivity contribution in [3.63, 3.8) is 0 Å². The lowest BCUT2D eigenvalue weighted by molar-refractivity contribution is -0.917. The quantitative estimate of drug-likeness (QED) is 0.613. The SMILES string of the molecule is O=C([O-])COCC(=O)N1CC[NH+](Cc2ccc3c(c2)OCO3)CC1. The molecule has 130 valence electrons. The van der Waals surface area contributed by atoms with Crippen LogP contribution in [0.5, 0.6) is 11.5 Å². The Morgan fingerprint density at radius 1 is 1.17 bits per heavy atom. The largest absolute Gasteiger partial charge is 0.548 e. The van der Waals surface area contributed by atoms with Crippen LogP contribution in [0.2, 0.25) is 0 Å². The highest BCUT2D eigenvalue weighted by Gasteiger charge is 2.24. The number of carbonyl (C=O) groups excluding carboxylic acids is 2. The monoisotopic (exact) mass is 336 g/mol. The molecule has 0 aliphatic carbocycles. The lowest BCUT2D eigenvalue weighted by atomic mass is 10.1. The van der Waals surface area contributed by atoms with Gasteiger partial charge in [0.1, 0.15) is 13.2 Å². The average Bonchev–Trinajstić information content (AvgIpc) is 3.03. The topological polar surface area (TPSA) is 92.6 Å². The normalized spacial score (nSPS) is 17.1. The Morgan fingerprint density at radius 3 is 2.67 bits per heavy atom. The van der Waals surface area contributed by atoms with Gasteiger partial charge in [0.2, 0.25) is 12.7 Å². The first-order valence-corrected chi connectivity index (χ1v) is 7.89. The number of quaternary nitrogens is 1. The molecule has 0 atom stereocenters. The molecule has 0 radical (unpaired) electrons. The number of piperazine rings is 1. The molecule has 1 N–H and O–H groups in total. The third-order valence-corrected chi connectivity index (χ3v) is 4.16. The van der Waals surface area contributed by atoms with E-state index >= 15 is 0 Å². The van der Waals surface area contributed by atoms with Crippen molar-refractivity contribution in [3.8, 4) is 11.5 Å². The van der Waals surface area contributed by atoms with Crippen LogP contribution in [0.1, 0.15) is 5.56 Å². The fourth-order valence-electron chi connectivity index (χ4n) is 2.90. The smallest absolute Gasteiger partial charge is 0.248 e. The number of ether oxygens (including phenoxy) is 3. The number of nitrogens with one attached hydrogen (secondary N) is 1. The van der Waals surface area contributed by atoms with Crippen LogP contribution in [0.15, 0.2) is 18.2 Å². The van der Waals surface area contributed by atoms with Gasteiger partial charge in [-0.25, -0.2) is 0 Å². The van der Waals surface area contributed by atoms with E-state index in [4.69, 9.17) is 14.2 Å². The second kappa shape index (κ2) is 7.50. The van der Waals surface area contributed by atoms with Gasteiger partial charge in [-0.3, -0.25) is 4.79 Å². The third-order valence-electron chi connectivity index (χ3n) is 4.16. The lowest BCUT2D eigenvalue weighted by Gasteiger charge is -2.32. The molecular weight excluding hydrogens is 316 g/mol. The minimum atomic E-state index is -1.32. The number of aliphatic carboxylic acids is 1. The molecule has 1 aromatic carbocycles. The standard InChI is InChI=1S/C16H20N2O6/c19-15(9-22-10-16(20)21)18-5-3-17(4-6-18)8-12-1-2-13-14(7-12)24-11-23-13/h1-2,7H,3-6,8-11H2,(H,20,21). The first-order chi connectivity index (χ1) is 11.6. The number of rotatable bonds is 6. The Hall–Kier alpha value is -2.32. The van der Waals surface area contributed by atoms with Crippen LogP contribution in [-0.2, 0) is 20.9 Å². The van der Waals surface area contributed by atoms with Gasteiger partial charge >= 0.3 is 0 Å². The van der Waals surface area contributed by atoms with Gasteiger partial charge in [0.25, 0.3) is 0 Å². The summed E-state index contributed by atoms with van der Waals surface area (Å²) in [6.07, 6.45) is 0. The number of hydrogen-bond acceptors (Lipinski definition) is 6. The summed E-state index contributed by atoms with van der Waals surface area (Å²) < 4.78 is 15.5. The van der Waals surface area contributed by atoms with Crippen molar-refractivity contribution in [1.29, 1.82) is 0 Å². The average molecular weight is 336 g/mol. The molecule has 0 aromatic heterocycles. The van der Waals surface area contributed by atoms with Gasteiger partial charge in [0, 0.05) is 5.56 Å². The Balaban J connectivity index is 1.43. The Morgan fingerprint density at radius 2 is 1.92 bits per heavy atom. The molecule has 0 saturated carbocycles. The van der Waals surface area contributed by atoms with Gasteiger partial charge in [0.05, 0.1) is 38.8 Å². The van der Waals surface area contributed by atoms with E-state index in [1.54, 1.807) is 4.90 Å². The molecule has 1 aromatic rings. The van der Waals surface area contributed by atoms with E-state index in [0.717, 1.165) is 31.1 Å². The number of benzene rings is 1. The predicted molar refractivity (Wildman–Crippen MR) is 79.4 cm³/mol. The van der Waals surface area contributed by atoms with Gasteiger partial charge in [-0.15, -0.1) is 0 Å². The number of carboxylic acids is 1. The van der Waals surface area contributed by atoms with Crippen molar-refractivity contribution in [2.45, 2.75) is 6.54 Å². The van der Waals surface area contributed by atoms with Crippen molar-refractivity contribution in [1.82, 2.24) is 4.90 Å². The number of carbonyl (C=O) groups is 2. The maximum atomic E-state index is 11.9. The molecule has 2 aliphatic heterocycles. The number of fused-ring (bicyclic) bond motifs is 1. The van der Waals surface area contributed by atoms with E-state index in [1.807, 2.05) is 18.2 Å². The molecule has 2 heterocycles. The zero-order valence-corrected chi connectivity index (χ0v) is 13.3. The summed E-state index contributed by atoms with van der Waals surface area (Å²) in [6, 6.07) is 5.96. The second-order valence-corrected chi connectivity index (χ2v) is 5.86. The van der Waals surface area contributed by atoms with Crippen molar-refractivity contribution in [2.75, 3.05) is 46.2 Å². The molecule has 3 rings (SSSR count). The van der Waals surface area contributed by atoms with Gasteiger partial charge in [-0.1, -0.05) is 0 Å². The summed E-state index contributed by atoms with van der Waals surface area (Å²) in [5.41, 5.74) is 1.17. The van der Waals surface area contributed by atoms with E-state index in [2.05, 4.69) is 0 Å². The molecule has 0 bridgehead atoms. The van der Waals surface area contributed by atoms with Crippen molar-refractivity contribution in [2.24, 2.45) is 0 Å². The fraction of sp³-hybridized carbons (Fsp3) is 0.500. The molecule has 0 spiro atoms. The summed E-state index contributed by atoms with van der Waals surface area (Å²) in [6.45, 7) is 3.29. The number of hydrogen-bond donors (Lipinski definition) is 1. The number of amides is 1. The second-order valence-electron chi connectivity index (χ2n) is 5.86. The van der Waals surface area contributed by atoms with Crippen LogP contribution in [0.4, 0.5) is 0 Å². The summed E-state index contributed by atoms with van der Waals surface area (Å²) >= 11 is 0. The van der Waals surface area contributed by atoms with Crippen LogP contribution in [0, 0.1) is 0 Å². The maximum absolute atomic E-state index is 11.9. The Labute approximate surface area is 139 Å². The van der Waals surface area contributed by atoms with Crippen LogP contribution < -0.4 is 19.5 Å². The maximum Gasteiger partial charge on any atom is 0.248 e. The molecule has 1 saturated heterocycles. The summed E-state index contributed by atoms with van der Waals surface area (Å²) in [7, 11) is 0. The fourth-order valence-corrected chi connectivity index (χ4v) is 2.90. The van der Waals surface area contributed by atoms with Gasteiger partial charge in [0.15, 0.2) is 11.5 Å². The molecule has 8 heteroatoms. The van der Waals surface area contributed by atoms with E-state index in [0.29, 0.717) is 13.1 Å². The summed E-state index contributed by atoms with van der Waals surface area (Å²) in [4.78, 5) is 25.3. The third kappa shape index (κ3) is 4.15. The lowest BCUT2D eigenvalue weighted by Crippen LogP contribution is -3.13. The minimum absolute atomic E-state index is 0.182. The van der Waals surface area contributed by atoms with Crippen LogP contribution in [-0.4, -0.2) is 63.0 Å².